The van der Waals surface area contributed by atoms with E-state index in [0.29, 0.717) is 6.42 Å². The molecule has 7 nitrogen and oxygen atoms in total. The summed E-state index contributed by atoms with van der Waals surface area (Å²) in [6, 6.07) is 26.4. The van der Waals surface area contributed by atoms with E-state index in [1.54, 1.807) is 0 Å². The predicted octanol–water partition coefficient (Wildman–Crippen LogP) is 7.14. The van der Waals surface area contributed by atoms with Gasteiger partial charge in [0.25, 0.3) is 0 Å². The lowest BCUT2D eigenvalue weighted by Gasteiger charge is -2.13. The lowest BCUT2D eigenvalue weighted by molar-refractivity contribution is 0.176. The van der Waals surface area contributed by atoms with E-state index < -0.39 is 15.6 Å². The zero-order valence-electron chi connectivity index (χ0n) is 18.6. The van der Waals surface area contributed by atoms with Gasteiger partial charge in [-0.1, -0.05) is 92.6 Å². The second-order valence-electron chi connectivity index (χ2n) is 8.00. The molecule has 5 rings (SSSR count). The van der Waals surface area contributed by atoms with Gasteiger partial charge in [-0.15, -0.1) is 0 Å². The molecule has 178 valence electrons. The van der Waals surface area contributed by atoms with Gasteiger partial charge in [0.2, 0.25) is 0 Å². The molecule has 0 saturated carbocycles. The average Bonchev–Trinajstić information content (AvgIpc) is 2.79. The highest BCUT2D eigenvalue weighted by Gasteiger charge is 2.31. The van der Waals surface area contributed by atoms with Gasteiger partial charge in [-0.25, -0.2) is 9.13 Å². The molecule has 1 atom stereocenters. The van der Waals surface area contributed by atoms with Crippen LogP contribution in [0.3, 0.4) is 0 Å². The molecule has 0 bridgehead atoms. The van der Waals surface area contributed by atoms with Crippen molar-refractivity contribution < 1.29 is 32.6 Å². The third-order valence-corrected chi connectivity index (χ3v) is 7.79. The summed E-state index contributed by atoms with van der Waals surface area (Å²) < 4.78 is 28.9. The van der Waals surface area contributed by atoms with E-state index in [9.17, 15) is 9.13 Å². The third-order valence-electron chi connectivity index (χ3n) is 5.60. The predicted molar refractivity (Wildman–Crippen MR) is 136 cm³/mol. The Kier molecular flexibility index (Phi) is 7.36. The highest BCUT2D eigenvalue weighted by atomic mass is 31.3. The molecule has 0 radical (unpaired) electrons. The topological polar surface area (TPSA) is 113 Å². The van der Waals surface area contributed by atoms with Crippen LogP contribution in [0.2, 0.25) is 0 Å². The second-order valence-corrected chi connectivity index (χ2v) is 10.8. The van der Waals surface area contributed by atoms with Crippen molar-refractivity contribution in [1.82, 2.24) is 0 Å². The number of phosphoric ester groups is 1. The van der Waals surface area contributed by atoms with Crippen LogP contribution in [-0.4, -0.2) is 21.3 Å². The number of phosphoric acid groups is 2. The van der Waals surface area contributed by atoms with Gasteiger partial charge in [0.05, 0.1) is 6.61 Å². The fraction of sp³-hybridized carbons (Fsp3) is 0.200. The molecule has 34 heavy (non-hydrogen) atoms. The Bertz CT molecular complexity index is 1360. The lowest BCUT2D eigenvalue weighted by atomic mass is 9.90. The number of fused-ring (bicyclic) bond motifs is 2. The zero-order valence-corrected chi connectivity index (χ0v) is 20.4. The molecule has 5 aromatic carbocycles. The summed E-state index contributed by atoms with van der Waals surface area (Å²) in [5.41, 5.74) is 0. The molecule has 0 fully saturated rings. The van der Waals surface area contributed by atoms with Gasteiger partial charge >= 0.3 is 15.6 Å². The Morgan fingerprint density at radius 2 is 1.09 bits per heavy atom. The maximum absolute atomic E-state index is 10.8. The lowest BCUT2D eigenvalue weighted by Crippen LogP contribution is -1.95. The van der Waals surface area contributed by atoms with Crippen molar-refractivity contribution in [2.75, 3.05) is 6.61 Å². The van der Waals surface area contributed by atoms with E-state index in [4.69, 9.17) is 14.7 Å². The Labute approximate surface area is 197 Å². The van der Waals surface area contributed by atoms with Crippen LogP contribution in [0.15, 0.2) is 72.8 Å². The summed E-state index contributed by atoms with van der Waals surface area (Å²) in [5, 5.41) is 10.9. The first-order valence-electron chi connectivity index (χ1n) is 11.0. The Morgan fingerprint density at radius 3 is 1.44 bits per heavy atom. The van der Waals surface area contributed by atoms with Crippen LogP contribution in [0.4, 0.5) is 0 Å². The van der Waals surface area contributed by atoms with Crippen molar-refractivity contribution in [1.29, 1.82) is 0 Å². The van der Waals surface area contributed by atoms with Gasteiger partial charge in [-0.05, 0) is 49.5 Å². The Morgan fingerprint density at radius 1 is 0.676 bits per heavy atom. The van der Waals surface area contributed by atoms with Gasteiger partial charge in [-0.3, -0.25) is 4.52 Å². The molecule has 0 spiro atoms. The van der Waals surface area contributed by atoms with Crippen LogP contribution in [0, 0.1) is 0 Å². The van der Waals surface area contributed by atoms with E-state index in [0.717, 1.165) is 12.8 Å². The normalized spacial score (nSPS) is 13.9. The number of hydrogen-bond acceptors (Lipinski definition) is 4. The van der Waals surface area contributed by atoms with Crippen LogP contribution >= 0.6 is 15.6 Å². The summed E-state index contributed by atoms with van der Waals surface area (Å²) in [7, 11) is -9.60. The minimum atomic E-state index is -4.98. The molecule has 0 aliphatic heterocycles. The smallest absolute Gasteiger partial charge is 0.302 e. The number of rotatable bonds is 7. The van der Waals surface area contributed by atoms with Crippen LogP contribution in [0.25, 0.3) is 43.1 Å². The molecule has 0 amide bonds. The first kappa shape index (κ1) is 24.8. The molecule has 0 aliphatic rings. The minimum absolute atomic E-state index is 0.0678. The Balaban J connectivity index is 0.000000175. The van der Waals surface area contributed by atoms with Crippen LogP contribution in [0.5, 0.6) is 0 Å². The quantitative estimate of drug-likeness (QED) is 0.0942. The summed E-state index contributed by atoms with van der Waals surface area (Å²) in [6.07, 6.45) is 2.24. The maximum Gasteiger partial charge on any atom is 0.481 e. The molecule has 0 aromatic heterocycles. The third kappa shape index (κ3) is 5.48. The fourth-order valence-corrected chi connectivity index (χ4v) is 5.89. The SMILES string of the molecule is CCCCCOP(=O)(O)OP(=O)(O)O.c1cc2cccc3c4cccc5cccc(c(c1)c23)c54. The van der Waals surface area contributed by atoms with E-state index >= 15 is 0 Å². The zero-order chi connectivity index (χ0) is 24.3. The first-order valence-corrected chi connectivity index (χ1v) is 14.0. The van der Waals surface area contributed by atoms with Gasteiger partial charge < -0.3 is 14.7 Å². The minimum Gasteiger partial charge on any atom is -0.302 e. The largest absolute Gasteiger partial charge is 0.481 e. The summed E-state index contributed by atoms with van der Waals surface area (Å²) in [6.45, 7) is 1.87. The first-order chi connectivity index (χ1) is 16.2. The van der Waals surface area contributed by atoms with Crippen LogP contribution in [0.1, 0.15) is 26.2 Å². The average molecular weight is 500 g/mol. The van der Waals surface area contributed by atoms with E-state index in [-0.39, 0.29) is 6.61 Å². The van der Waals surface area contributed by atoms with Crippen molar-refractivity contribution in [3.63, 3.8) is 0 Å². The van der Waals surface area contributed by atoms with Crippen LogP contribution < -0.4 is 0 Å². The Hall–Kier alpha value is -2.34. The molecule has 0 aliphatic carbocycles. The standard InChI is InChI=1S/C20H12.C5H14O7P2/c1-5-13-6-2-11-17-18-12-4-8-14-7-3-10-16(20(14)18)15(9-1)19(13)17;1-2-3-4-5-11-14(9,10)12-13(6,7)8/h1-12H;2-5H2,1H3,(H,9,10)(H2,6,7,8). The van der Waals surface area contributed by atoms with Gasteiger partial charge in [-0.2, -0.15) is 4.31 Å². The van der Waals surface area contributed by atoms with Crippen molar-refractivity contribution in [3.05, 3.63) is 72.8 Å². The molecular weight excluding hydrogens is 474 g/mol. The van der Waals surface area contributed by atoms with Crippen molar-refractivity contribution in [3.8, 4) is 0 Å². The van der Waals surface area contributed by atoms with Gasteiger partial charge in [0.1, 0.15) is 0 Å². The maximum atomic E-state index is 10.8. The van der Waals surface area contributed by atoms with Crippen molar-refractivity contribution in [2.24, 2.45) is 0 Å². The number of benzene rings is 5. The van der Waals surface area contributed by atoms with E-state index in [1.807, 2.05) is 6.92 Å². The summed E-state index contributed by atoms with van der Waals surface area (Å²) >= 11 is 0. The van der Waals surface area contributed by atoms with Crippen molar-refractivity contribution >= 4 is 58.7 Å². The number of unbranched alkanes of at least 4 members (excludes halogenated alkanes) is 2. The monoisotopic (exact) mass is 500 g/mol. The highest BCUT2D eigenvalue weighted by Crippen LogP contribution is 2.57. The highest BCUT2D eigenvalue weighted by molar-refractivity contribution is 7.60. The van der Waals surface area contributed by atoms with Crippen molar-refractivity contribution in [2.45, 2.75) is 26.2 Å². The van der Waals surface area contributed by atoms with E-state index in [1.165, 1.54) is 43.1 Å². The molecule has 3 N–H and O–H groups in total. The van der Waals surface area contributed by atoms with Crippen LogP contribution in [-0.2, 0) is 18.0 Å². The number of hydrogen-bond donors (Lipinski definition) is 3. The fourth-order valence-electron chi connectivity index (χ4n) is 4.27. The van der Waals surface area contributed by atoms with Gasteiger partial charge in [0.15, 0.2) is 0 Å². The van der Waals surface area contributed by atoms with E-state index in [2.05, 4.69) is 81.6 Å². The molecule has 5 aromatic rings. The molecule has 0 heterocycles. The summed E-state index contributed by atoms with van der Waals surface area (Å²) in [5.74, 6) is 0. The molecule has 9 heteroatoms. The molecule has 0 saturated heterocycles. The molecule has 1 unspecified atom stereocenters. The second kappa shape index (κ2) is 10.1. The van der Waals surface area contributed by atoms with Gasteiger partial charge in [0, 0.05) is 0 Å². The summed E-state index contributed by atoms with van der Waals surface area (Å²) in [4.78, 5) is 25.2. The molecular formula is C25H26O7P2.